The van der Waals surface area contributed by atoms with Crippen LogP contribution in [0.5, 0.6) is 5.75 Å². The molecule has 216 valence electrons. The summed E-state index contributed by atoms with van der Waals surface area (Å²) in [4.78, 5) is 31.1. The third kappa shape index (κ3) is 5.18. The van der Waals surface area contributed by atoms with E-state index in [-0.39, 0.29) is 42.3 Å². The van der Waals surface area contributed by atoms with Gasteiger partial charge < -0.3 is 14.5 Å². The average Bonchev–Trinajstić information content (AvgIpc) is 3.51. The Bertz CT molecular complexity index is 1470. The molecule has 1 aliphatic carbocycles. The van der Waals surface area contributed by atoms with Crippen molar-refractivity contribution in [2.24, 2.45) is 13.0 Å². The van der Waals surface area contributed by atoms with E-state index in [1.165, 1.54) is 7.05 Å². The Morgan fingerprint density at radius 3 is 2.68 bits per heavy atom. The molecule has 1 atom stereocenters. The molecule has 0 saturated heterocycles. The zero-order valence-corrected chi connectivity index (χ0v) is 23.6. The van der Waals surface area contributed by atoms with Crippen LogP contribution in [0, 0.1) is 5.92 Å². The van der Waals surface area contributed by atoms with Gasteiger partial charge in [-0.05, 0) is 48.6 Å². The van der Waals surface area contributed by atoms with Gasteiger partial charge in [0.05, 0.1) is 6.04 Å². The Labute approximate surface area is 242 Å². The smallest absolute Gasteiger partial charge is 0.282 e. The van der Waals surface area contributed by atoms with Crippen LogP contribution in [0.25, 0.3) is 0 Å². The molecule has 2 aromatic carbocycles. The topological polar surface area (TPSA) is 80.6 Å². The molecule has 2 aliphatic heterocycles. The number of aryl methyl sites for hydroxylation is 1. The molecule has 3 aromatic rings. The standard InChI is InChI=1S/C30H32ClF2N5O3/c1-36-27(28(32)33)23(34-35-36)17-41-25-12-11-22(31)21-13-14-38(29(39)18-7-3-2-4-8-18)24(26(21)25)16-37-15-19-9-5-6-10-20(19)30(37)40/h5-6,9-12,18,24,28H,2-4,7-8,13-17H2,1H3/t24-/m1/s1. The van der Waals surface area contributed by atoms with Crippen LogP contribution in [0.15, 0.2) is 36.4 Å². The van der Waals surface area contributed by atoms with E-state index in [2.05, 4.69) is 10.3 Å². The van der Waals surface area contributed by atoms with Gasteiger partial charge in [-0.15, -0.1) is 5.10 Å². The third-order valence-electron chi connectivity index (χ3n) is 8.61. The summed E-state index contributed by atoms with van der Waals surface area (Å²) < 4.78 is 34.6. The first-order valence-corrected chi connectivity index (χ1v) is 14.5. The van der Waals surface area contributed by atoms with Crippen molar-refractivity contribution in [3.63, 3.8) is 0 Å². The van der Waals surface area contributed by atoms with E-state index in [0.717, 1.165) is 53.5 Å². The van der Waals surface area contributed by atoms with Crippen molar-refractivity contribution in [1.82, 2.24) is 24.8 Å². The lowest BCUT2D eigenvalue weighted by molar-refractivity contribution is -0.140. The fourth-order valence-electron chi connectivity index (χ4n) is 6.54. The van der Waals surface area contributed by atoms with Gasteiger partial charge in [-0.3, -0.25) is 9.59 Å². The molecule has 0 spiro atoms. The molecule has 1 fully saturated rings. The zero-order chi connectivity index (χ0) is 28.7. The largest absolute Gasteiger partial charge is 0.487 e. The molecule has 3 aliphatic rings. The van der Waals surface area contributed by atoms with E-state index in [1.54, 1.807) is 17.0 Å². The fraction of sp³-hybridized carbons (Fsp3) is 0.467. The Morgan fingerprint density at radius 2 is 1.93 bits per heavy atom. The molecule has 0 radical (unpaired) electrons. The maximum atomic E-state index is 14.0. The summed E-state index contributed by atoms with van der Waals surface area (Å²) in [6.45, 7) is 0.966. The van der Waals surface area contributed by atoms with Gasteiger partial charge in [0.2, 0.25) is 5.91 Å². The van der Waals surface area contributed by atoms with Gasteiger partial charge in [-0.25, -0.2) is 13.5 Å². The number of aromatic nitrogens is 3. The number of ether oxygens (including phenoxy) is 1. The Hall–Kier alpha value is -3.53. The number of rotatable bonds is 7. The maximum absolute atomic E-state index is 14.0. The van der Waals surface area contributed by atoms with E-state index < -0.39 is 12.5 Å². The average molecular weight is 584 g/mol. The number of nitrogens with zero attached hydrogens (tertiary/aromatic N) is 5. The molecular weight excluding hydrogens is 552 g/mol. The van der Waals surface area contributed by atoms with Gasteiger partial charge in [-0.2, -0.15) is 0 Å². The highest BCUT2D eigenvalue weighted by Crippen LogP contribution is 2.43. The summed E-state index contributed by atoms with van der Waals surface area (Å²) >= 11 is 6.70. The van der Waals surface area contributed by atoms with Gasteiger partial charge in [0.25, 0.3) is 12.3 Å². The second kappa shape index (κ2) is 11.4. The molecule has 11 heteroatoms. The van der Waals surface area contributed by atoms with Gasteiger partial charge in [-0.1, -0.05) is 54.3 Å². The van der Waals surface area contributed by atoms with Crippen molar-refractivity contribution in [2.75, 3.05) is 13.1 Å². The first-order chi connectivity index (χ1) is 19.8. The lowest BCUT2D eigenvalue weighted by Crippen LogP contribution is -2.48. The van der Waals surface area contributed by atoms with Gasteiger partial charge in [0.15, 0.2) is 0 Å². The Kier molecular flexibility index (Phi) is 7.68. The number of hydrogen-bond acceptors (Lipinski definition) is 5. The number of amides is 2. The number of halogens is 3. The van der Waals surface area contributed by atoms with Crippen LogP contribution in [-0.4, -0.2) is 49.7 Å². The van der Waals surface area contributed by atoms with Crippen LogP contribution in [0.2, 0.25) is 5.02 Å². The predicted molar refractivity (Wildman–Crippen MR) is 148 cm³/mol. The quantitative estimate of drug-likeness (QED) is 0.359. The molecule has 1 saturated carbocycles. The summed E-state index contributed by atoms with van der Waals surface area (Å²) in [5, 5.41) is 8.17. The molecule has 1 aromatic heterocycles. The number of alkyl halides is 2. The first kappa shape index (κ1) is 27.6. The number of fused-ring (bicyclic) bond motifs is 2. The molecule has 0 bridgehead atoms. The summed E-state index contributed by atoms with van der Waals surface area (Å²) in [6.07, 6.45) is 2.66. The minimum Gasteiger partial charge on any atom is -0.487 e. The van der Waals surface area contributed by atoms with Gasteiger partial charge >= 0.3 is 0 Å². The molecule has 0 unspecified atom stereocenters. The van der Waals surface area contributed by atoms with E-state index in [1.807, 2.05) is 29.2 Å². The fourth-order valence-corrected chi connectivity index (χ4v) is 6.80. The molecule has 2 amide bonds. The Morgan fingerprint density at radius 1 is 1.15 bits per heavy atom. The number of hydrogen-bond donors (Lipinski definition) is 0. The van der Waals surface area contributed by atoms with Crippen molar-refractivity contribution in [3.8, 4) is 5.75 Å². The van der Waals surface area contributed by atoms with Crippen LogP contribution in [-0.2, 0) is 31.4 Å². The van der Waals surface area contributed by atoms with Crippen LogP contribution >= 0.6 is 11.6 Å². The van der Waals surface area contributed by atoms with E-state index >= 15 is 0 Å². The maximum Gasteiger partial charge on any atom is 0.282 e. The second-order valence-corrected chi connectivity index (χ2v) is 11.5. The van der Waals surface area contributed by atoms with E-state index in [9.17, 15) is 18.4 Å². The lowest BCUT2D eigenvalue weighted by atomic mass is 9.85. The van der Waals surface area contributed by atoms with Crippen molar-refractivity contribution < 1.29 is 23.1 Å². The SMILES string of the molecule is Cn1nnc(COc2ccc(Cl)c3c2[C@@H](CN2Cc4ccccc4C2=O)N(C(=O)C2CCCCC2)CC3)c1C(F)F. The summed E-state index contributed by atoms with van der Waals surface area (Å²) in [5.74, 6) is 0.384. The molecule has 6 rings (SSSR count). The highest BCUT2D eigenvalue weighted by atomic mass is 35.5. The molecule has 41 heavy (non-hydrogen) atoms. The predicted octanol–water partition coefficient (Wildman–Crippen LogP) is 5.65. The van der Waals surface area contributed by atoms with Crippen molar-refractivity contribution in [2.45, 2.75) is 64.1 Å². The van der Waals surface area contributed by atoms with E-state index in [4.69, 9.17) is 16.3 Å². The molecular formula is C30H32ClF2N5O3. The lowest BCUT2D eigenvalue weighted by Gasteiger charge is -2.42. The van der Waals surface area contributed by atoms with Gasteiger partial charge in [0.1, 0.15) is 23.7 Å². The minimum absolute atomic E-state index is 0.0406. The number of carbonyl (C=O) groups is 2. The summed E-state index contributed by atoms with van der Waals surface area (Å²) in [5.41, 5.74) is 2.91. The van der Waals surface area contributed by atoms with Gasteiger partial charge in [0, 0.05) is 48.7 Å². The third-order valence-corrected chi connectivity index (χ3v) is 8.97. The highest BCUT2D eigenvalue weighted by Gasteiger charge is 2.40. The number of carbonyl (C=O) groups excluding carboxylic acids is 2. The monoisotopic (exact) mass is 583 g/mol. The van der Waals surface area contributed by atoms with Crippen LogP contribution < -0.4 is 4.74 Å². The summed E-state index contributed by atoms with van der Waals surface area (Å²) in [7, 11) is 1.41. The first-order valence-electron chi connectivity index (χ1n) is 14.1. The molecule has 0 N–H and O–H groups in total. The zero-order valence-electron chi connectivity index (χ0n) is 22.9. The Balaban J connectivity index is 1.36. The molecule has 8 nitrogen and oxygen atoms in total. The van der Waals surface area contributed by atoms with Crippen LogP contribution in [0.3, 0.4) is 0 Å². The highest BCUT2D eigenvalue weighted by molar-refractivity contribution is 6.31. The van der Waals surface area contributed by atoms with Crippen molar-refractivity contribution in [3.05, 3.63) is 75.1 Å². The second-order valence-electron chi connectivity index (χ2n) is 11.0. The van der Waals surface area contributed by atoms with E-state index in [0.29, 0.717) is 35.8 Å². The van der Waals surface area contributed by atoms with Crippen LogP contribution in [0.1, 0.15) is 83.0 Å². The number of benzene rings is 2. The van der Waals surface area contributed by atoms with Crippen molar-refractivity contribution in [1.29, 1.82) is 0 Å². The summed E-state index contributed by atoms with van der Waals surface area (Å²) in [6, 6.07) is 10.5. The minimum atomic E-state index is -2.76. The van der Waals surface area contributed by atoms with Crippen LogP contribution in [0.4, 0.5) is 8.78 Å². The normalized spacial score (nSPS) is 19.0. The molecule has 3 heterocycles. The van der Waals surface area contributed by atoms with Crippen molar-refractivity contribution >= 4 is 23.4 Å².